The van der Waals surface area contributed by atoms with Gasteiger partial charge >= 0.3 is 0 Å². The first-order chi connectivity index (χ1) is 8.97. The van der Waals surface area contributed by atoms with Crippen molar-refractivity contribution in [2.75, 3.05) is 19.0 Å². The average Bonchev–Trinajstić information content (AvgIpc) is 2.37. The van der Waals surface area contributed by atoms with Crippen LogP contribution in [0.3, 0.4) is 0 Å². The van der Waals surface area contributed by atoms with Gasteiger partial charge < -0.3 is 15.8 Å². The molecule has 0 saturated heterocycles. The van der Waals surface area contributed by atoms with Crippen molar-refractivity contribution in [3.63, 3.8) is 0 Å². The zero-order chi connectivity index (χ0) is 14.0. The number of likely N-dealkylation sites (N-methyl/N-ethyl adjacent to an activating group) is 1. The van der Waals surface area contributed by atoms with Gasteiger partial charge in [-0.2, -0.15) is 0 Å². The fraction of sp³-hybridized carbons (Fsp3) is 0.333. The van der Waals surface area contributed by atoms with E-state index in [2.05, 4.69) is 5.32 Å². The van der Waals surface area contributed by atoms with E-state index in [9.17, 15) is 9.59 Å². The number of amides is 2. The molecule has 1 aromatic carbocycles. The van der Waals surface area contributed by atoms with E-state index >= 15 is 0 Å². The van der Waals surface area contributed by atoms with Gasteiger partial charge in [-0.15, -0.1) is 0 Å². The van der Waals surface area contributed by atoms with Crippen LogP contribution in [-0.4, -0.2) is 36.5 Å². The lowest BCUT2D eigenvalue weighted by Gasteiger charge is -2.20. The highest BCUT2D eigenvalue weighted by Crippen LogP contribution is 2.28. The lowest BCUT2D eigenvalue weighted by atomic mass is 10.0. The molecule has 0 fully saturated rings. The summed E-state index contributed by atoms with van der Waals surface area (Å²) in [5.41, 5.74) is 7.18. The number of fused-ring (bicyclic) bond motifs is 1. The number of ether oxygens (including phenoxy) is 1. The first-order valence-electron chi connectivity index (χ1n) is 5.81. The number of hydrazine groups is 1. The van der Waals surface area contributed by atoms with Crippen LogP contribution in [0.1, 0.15) is 5.56 Å². The Bertz CT molecular complexity index is 516. The van der Waals surface area contributed by atoms with Gasteiger partial charge in [0, 0.05) is 7.05 Å². The zero-order valence-corrected chi connectivity index (χ0v) is 10.6. The van der Waals surface area contributed by atoms with Crippen molar-refractivity contribution in [1.82, 2.24) is 5.01 Å². The number of hydrogen-bond acceptors (Lipinski definition) is 5. The van der Waals surface area contributed by atoms with Crippen molar-refractivity contribution < 1.29 is 14.3 Å². The maximum absolute atomic E-state index is 11.6. The molecule has 0 saturated carbocycles. The van der Waals surface area contributed by atoms with E-state index in [0.717, 1.165) is 10.6 Å². The molecule has 5 N–H and O–H groups in total. The normalized spacial score (nSPS) is 15.0. The minimum atomic E-state index is -0.715. The van der Waals surface area contributed by atoms with Gasteiger partial charge in [0.25, 0.3) is 11.8 Å². The van der Waals surface area contributed by atoms with Gasteiger partial charge in [0.15, 0.2) is 6.61 Å². The molecule has 0 aliphatic carbocycles. The van der Waals surface area contributed by atoms with Crippen LogP contribution in [0, 0.1) is 0 Å². The highest BCUT2D eigenvalue weighted by molar-refractivity contribution is 5.95. The zero-order valence-electron chi connectivity index (χ0n) is 10.6. The smallest absolute Gasteiger partial charge is 0.262 e. The standard InChI is InChI=1S/C12H16N4O3/c1-16(14)12(18)8(13)4-7-2-3-10-9(5-7)15-11(17)6-19-10/h2-3,5,8H,4,6,13-14H2,1H3,(H,15,17). The summed E-state index contributed by atoms with van der Waals surface area (Å²) in [6, 6.07) is 4.58. The maximum atomic E-state index is 11.6. The number of anilines is 1. The van der Waals surface area contributed by atoms with E-state index in [1.807, 2.05) is 0 Å². The Kier molecular flexibility index (Phi) is 3.68. The van der Waals surface area contributed by atoms with Gasteiger partial charge in [0.05, 0.1) is 11.7 Å². The molecule has 0 aromatic heterocycles. The predicted octanol–water partition coefficient (Wildman–Crippen LogP) is -0.781. The van der Waals surface area contributed by atoms with Gasteiger partial charge in [0.2, 0.25) is 0 Å². The first kappa shape index (κ1) is 13.3. The number of hydrogen-bond donors (Lipinski definition) is 3. The molecule has 7 heteroatoms. The third-order valence-electron chi connectivity index (χ3n) is 2.80. The maximum Gasteiger partial charge on any atom is 0.262 e. The molecule has 1 aliphatic rings. The van der Waals surface area contributed by atoms with E-state index in [0.29, 0.717) is 17.9 Å². The highest BCUT2D eigenvalue weighted by Gasteiger charge is 2.19. The minimum absolute atomic E-state index is 0.0162. The Balaban J connectivity index is 2.12. The van der Waals surface area contributed by atoms with Crippen molar-refractivity contribution in [2.24, 2.45) is 11.6 Å². The minimum Gasteiger partial charge on any atom is -0.482 e. The lowest BCUT2D eigenvalue weighted by molar-refractivity contribution is -0.131. The fourth-order valence-electron chi connectivity index (χ4n) is 1.86. The molecule has 19 heavy (non-hydrogen) atoms. The van der Waals surface area contributed by atoms with Crippen LogP contribution >= 0.6 is 0 Å². The predicted molar refractivity (Wildman–Crippen MR) is 69.2 cm³/mol. The number of nitrogens with zero attached hydrogens (tertiary/aromatic N) is 1. The highest BCUT2D eigenvalue weighted by atomic mass is 16.5. The second-order valence-corrected chi connectivity index (χ2v) is 4.43. The SMILES string of the molecule is CN(N)C(=O)C(N)Cc1ccc2c(c1)NC(=O)CO2. The largest absolute Gasteiger partial charge is 0.482 e. The van der Waals surface area contributed by atoms with Gasteiger partial charge in [-0.1, -0.05) is 6.07 Å². The third kappa shape index (κ3) is 3.01. The Hall–Kier alpha value is -2.12. The summed E-state index contributed by atoms with van der Waals surface area (Å²) < 4.78 is 5.24. The average molecular weight is 264 g/mol. The molecule has 1 atom stereocenters. The van der Waals surface area contributed by atoms with E-state index in [4.69, 9.17) is 16.3 Å². The Morgan fingerprint density at radius 2 is 2.32 bits per heavy atom. The van der Waals surface area contributed by atoms with Crippen LogP contribution < -0.4 is 21.6 Å². The molecule has 1 aliphatic heterocycles. The molecule has 0 radical (unpaired) electrons. The Labute approximate surface area is 110 Å². The summed E-state index contributed by atoms with van der Waals surface area (Å²) in [5.74, 6) is 5.41. The van der Waals surface area contributed by atoms with Crippen LogP contribution in [0.5, 0.6) is 5.75 Å². The molecule has 2 rings (SSSR count). The summed E-state index contributed by atoms with van der Waals surface area (Å²) >= 11 is 0. The van der Waals surface area contributed by atoms with Crippen molar-refractivity contribution in [3.8, 4) is 5.75 Å². The molecular formula is C12H16N4O3. The van der Waals surface area contributed by atoms with Crippen LogP contribution in [0.2, 0.25) is 0 Å². The number of rotatable bonds is 3. The summed E-state index contributed by atoms with van der Waals surface area (Å²) in [7, 11) is 1.45. The molecule has 1 heterocycles. The monoisotopic (exact) mass is 264 g/mol. The van der Waals surface area contributed by atoms with Crippen LogP contribution in [0.25, 0.3) is 0 Å². The number of benzene rings is 1. The van der Waals surface area contributed by atoms with Crippen LogP contribution in [0.15, 0.2) is 18.2 Å². The molecule has 2 amide bonds. The summed E-state index contributed by atoms with van der Waals surface area (Å²) in [6.45, 7) is 0.0162. The van der Waals surface area contributed by atoms with Crippen LogP contribution in [0.4, 0.5) is 5.69 Å². The molecule has 1 aromatic rings. The first-order valence-corrected chi connectivity index (χ1v) is 5.81. The van der Waals surface area contributed by atoms with E-state index in [-0.39, 0.29) is 18.4 Å². The molecule has 7 nitrogen and oxygen atoms in total. The topological polar surface area (TPSA) is 111 Å². The molecule has 0 spiro atoms. The quantitative estimate of drug-likeness (QED) is 0.377. The fourth-order valence-corrected chi connectivity index (χ4v) is 1.86. The van der Waals surface area contributed by atoms with Gasteiger partial charge in [-0.25, -0.2) is 5.84 Å². The van der Waals surface area contributed by atoms with Gasteiger partial charge in [-0.3, -0.25) is 14.6 Å². The molecule has 102 valence electrons. The summed E-state index contributed by atoms with van der Waals surface area (Å²) in [4.78, 5) is 22.8. The summed E-state index contributed by atoms with van der Waals surface area (Å²) in [5, 5.41) is 3.67. The number of carbonyl (C=O) groups excluding carboxylic acids is 2. The second-order valence-electron chi connectivity index (χ2n) is 4.43. The van der Waals surface area contributed by atoms with Crippen molar-refractivity contribution in [3.05, 3.63) is 23.8 Å². The third-order valence-corrected chi connectivity index (χ3v) is 2.80. The van der Waals surface area contributed by atoms with Gasteiger partial charge in [-0.05, 0) is 24.1 Å². The van der Waals surface area contributed by atoms with E-state index in [1.54, 1.807) is 18.2 Å². The molecule has 1 unspecified atom stereocenters. The summed E-state index contributed by atoms with van der Waals surface area (Å²) in [6.07, 6.45) is 0.337. The van der Waals surface area contributed by atoms with Crippen molar-refractivity contribution >= 4 is 17.5 Å². The second kappa shape index (κ2) is 5.25. The number of carbonyl (C=O) groups is 2. The lowest BCUT2D eigenvalue weighted by Crippen LogP contribution is -2.46. The van der Waals surface area contributed by atoms with Crippen molar-refractivity contribution in [2.45, 2.75) is 12.5 Å². The van der Waals surface area contributed by atoms with E-state index < -0.39 is 6.04 Å². The van der Waals surface area contributed by atoms with Gasteiger partial charge in [0.1, 0.15) is 5.75 Å². The van der Waals surface area contributed by atoms with Crippen molar-refractivity contribution in [1.29, 1.82) is 0 Å². The Morgan fingerprint density at radius 1 is 1.58 bits per heavy atom. The van der Waals surface area contributed by atoms with E-state index in [1.165, 1.54) is 7.05 Å². The Morgan fingerprint density at radius 3 is 3.00 bits per heavy atom. The number of nitrogens with two attached hydrogens (primary N) is 2. The molecular weight excluding hydrogens is 248 g/mol. The number of nitrogens with one attached hydrogen (secondary N) is 1. The molecule has 0 bridgehead atoms. The van der Waals surface area contributed by atoms with Crippen LogP contribution in [-0.2, 0) is 16.0 Å².